The van der Waals surface area contributed by atoms with Crippen LogP contribution in [0.3, 0.4) is 0 Å². The minimum absolute atomic E-state index is 0.00913. The molecule has 8 nitrogen and oxygen atoms in total. The van der Waals surface area contributed by atoms with Crippen LogP contribution < -0.4 is 4.90 Å². The highest BCUT2D eigenvalue weighted by atomic mass is 35.5. The molecule has 9 heteroatoms. The van der Waals surface area contributed by atoms with Crippen molar-refractivity contribution in [2.45, 2.75) is 19.4 Å². The van der Waals surface area contributed by atoms with Gasteiger partial charge in [-0.25, -0.2) is 0 Å². The fourth-order valence-corrected chi connectivity index (χ4v) is 4.02. The number of nitro groups is 1. The number of Topliss-reactive ketones (excluding diaryl/α,β-unsaturated/α-hetero) is 1. The van der Waals surface area contributed by atoms with Crippen LogP contribution in [0.15, 0.2) is 72.8 Å². The molecule has 3 aromatic carbocycles. The van der Waals surface area contributed by atoms with Crippen molar-refractivity contribution < 1.29 is 24.0 Å². The maximum absolute atomic E-state index is 12.7. The van der Waals surface area contributed by atoms with Crippen LogP contribution in [0.4, 0.5) is 11.4 Å². The number of ether oxygens (including phenoxy) is 1. The van der Waals surface area contributed by atoms with Gasteiger partial charge in [0.25, 0.3) is 5.69 Å². The molecule has 0 radical (unpaired) electrons. The number of amides is 1. The highest BCUT2D eigenvalue weighted by Gasteiger charge is 2.37. The monoisotopic (exact) mass is 492 g/mol. The molecule has 1 aliphatic heterocycles. The number of halogens is 1. The predicted octanol–water partition coefficient (Wildman–Crippen LogP) is 5.08. The summed E-state index contributed by atoms with van der Waals surface area (Å²) < 4.78 is 5.37. The summed E-state index contributed by atoms with van der Waals surface area (Å²) in [7, 11) is 0. The number of rotatable bonds is 7. The van der Waals surface area contributed by atoms with E-state index < -0.39 is 22.9 Å². The Morgan fingerprint density at radius 2 is 1.57 bits per heavy atom. The molecule has 1 amide bonds. The molecule has 0 bridgehead atoms. The van der Waals surface area contributed by atoms with E-state index in [9.17, 15) is 24.5 Å². The normalized spacial score (nSPS) is 16.1. The number of nitrogens with zero attached hydrogens (tertiary/aromatic N) is 2. The average Bonchev–Trinajstić information content (AvgIpc) is 3.26. The summed E-state index contributed by atoms with van der Waals surface area (Å²) in [5.41, 5.74) is 2.65. The van der Waals surface area contributed by atoms with Gasteiger partial charge in [-0.2, -0.15) is 0 Å². The first-order chi connectivity index (χ1) is 16.7. The molecule has 0 saturated carbocycles. The van der Waals surface area contributed by atoms with Gasteiger partial charge >= 0.3 is 5.97 Å². The predicted molar refractivity (Wildman–Crippen MR) is 130 cm³/mol. The van der Waals surface area contributed by atoms with Crippen molar-refractivity contribution in [3.05, 3.63) is 93.5 Å². The van der Waals surface area contributed by atoms with Crippen LogP contribution in [0, 0.1) is 16.0 Å². The van der Waals surface area contributed by atoms with E-state index in [1.54, 1.807) is 48.5 Å². The van der Waals surface area contributed by atoms with Gasteiger partial charge in [-0.05, 0) is 66.6 Å². The molecule has 3 aromatic rings. The van der Waals surface area contributed by atoms with Crippen molar-refractivity contribution in [1.29, 1.82) is 0 Å². The highest BCUT2D eigenvalue weighted by Crippen LogP contribution is 2.29. The van der Waals surface area contributed by atoms with Gasteiger partial charge in [0.1, 0.15) is 0 Å². The van der Waals surface area contributed by atoms with Gasteiger partial charge < -0.3 is 9.64 Å². The molecule has 0 aliphatic carbocycles. The maximum atomic E-state index is 12.7. The Morgan fingerprint density at radius 3 is 2.14 bits per heavy atom. The minimum atomic E-state index is -0.992. The molecule has 0 unspecified atom stereocenters. The fourth-order valence-electron chi connectivity index (χ4n) is 3.90. The van der Waals surface area contributed by atoms with Crippen molar-refractivity contribution >= 4 is 40.6 Å². The first-order valence-corrected chi connectivity index (χ1v) is 11.3. The zero-order valence-electron chi connectivity index (χ0n) is 18.7. The Balaban J connectivity index is 1.39. The maximum Gasteiger partial charge on any atom is 0.312 e. The Hall–Kier alpha value is -4.04. The van der Waals surface area contributed by atoms with E-state index in [-0.39, 0.29) is 30.3 Å². The Labute approximate surface area is 206 Å². The van der Waals surface area contributed by atoms with Gasteiger partial charge in [0, 0.05) is 41.4 Å². The minimum Gasteiger partial charge on any atom is -0.454 e. The summed E-state index contributed by atoms with van der Waals surface area (Å²) >= 11 is 5.84. The van der Waals surface area contributed by atoms with E-state index in [1.165, 1.54) is 24.0 Å². The lowest BCUT2D eigenvalue weighted by Crippen LogP contribution is -2.30. The third-order valence-electron chi connectivity index (χ3n) is 5.84. The summed E-state index contributed by atoms with van der Waals surface area (Å²) in [5, 5.41) is 11.3. The third-order valence-corrected chi connectivity index (χ3v) is 6.09. The van der Waals surface area contributed by atoms with E-state index in [2.05, 4.69) is 0 Å². The van der Waals surface area contributed by atoms with Gasteiger partial charge in [0.15, 0.2) is 6.10 Å². The zero-order chi connectivity index (χ0) is 25.1. The second kappa shape index (κ2) is 10.1. The van der Waals surface area contributed by atoms with Crippen LogP contribution in [0.25, 0.3) is 11.1 Å². The van der Waals surface area contributed by atoms with Crippen molar-refractivity contribution in [3.63, 3.8) is 0 Å². The first-order valence-electron chi connectivity index (χ1n) is 10.9. The number of non-ortho nitro benzene ring substituents is 1. The van der Waals surface area contributed by atoms with Crippen molar-refractivity contribution in [2.24, 2.45) is 5.92 Å². The Kier molecular flexibility index (Phi) is 6.93. The van der Waals surface area contributed by atoms with Crippen molar-refractivity contribution in [1.82, 2.24) is 0 Å². The number of carbonyl (C=O) groups is 3. The molecule has 1 fully saturated rings. The zero-order valence-corrected chi connectivity index (χ0v) is 19.5. The summed E-state index contributed by atoms with van der Waals surface area (Å²) in [6.07, 6.45) is -1.00. The number of carbonyl (C=O) groups excluding carboxylic acids is 3. The molecule has 2 atom stereocenters. The second-order valence-corrected chi connectivity index (χ2v) is 8.64. The number of nitro benzene ring substituents is 1. The molecular formula is C26H21ClN2O6. The van der Waals surface area contributed by atoms with Crippen LogP contribution in [-0.4, -0.2) is 35.2 Å². The van der Waals surface area contributed by atoms with Crippen LogP contribution >= 0.6 is 11.6 Å². The standard InChI is InChI=1S/C26H21ClN2O6/c1-16(25(31)19-2-8-21(27)9-3-19)35-26(32)20-14-24(30)28(15-20)22-10-4-17(5-11-22)18-6-12-23(13-7-18)29(33)34/h2-13,16,20H,14-15H2,1H3/t16-,20+/m1/s1. The molecule has 35 heavy (non-hydrogen) atoms. The number of esters is 1. The lowest BCUT2D eigenvalue weighted by molar-refractivity contribution is -0.384. The van der Waals surface area contributed by atoms with Gasteiger partial charge in [-0.3, -0.25) is 24.5 Å². The first kappa shape index (κ1) is 24.1. The lowest BCUT2D eigenvalue weighted by Gasteiger charge is -2.18. The molecular weight excluding hydrogens is 472 g/mol. The number of benzene rings is 3. The van der Waals surface area contributed by atoms with Crippen LogP contribution in [0.2, 0.25) is 5.02 Å². The second-order valence-electron chi connectivity index (χ2n) is 8.21. The number of anilines is 1. The van der Waals surface area contributed by atoms with Crippen LogP contribution in [-0.2, 0) is 14.3 Å². The number of ketones is 1. The van der Waals surface area contributed by atoms with Crippen molar-refractivity contribution in [2.75, 3.05) is 11.4 Å². The summed E-state index contributed by atoms with van der Waals surface area (Å²) in [6, 6.07) is 19.6. The fraction of sp³-hybridized carbons (Fsp3) is 0.192. The smallest absolute Gasteiger partial charge is 0.312 e. The van der Waals surface area contributed by atoms with Gasteiger partial charge in [0.05, 0.1) is 10.8 Å². The topological polar surface area (TPSA) is 107 Å². The summed E-state index contributed by atoms with van der Waals surface area (Å²) in [4.78, 5) is 49.7. The van der Waals surface area contributed by atoms with E-state index in [1.807, 2.05) is 12.1 Å². The van der Waals surface area contributed by atoms with Crippen LogP contribution in [0.5, 0.6) is 0 Å². The van der Waals surface area contributed by atoms with Gasteiger partial charge in [-0.1, -0.05) is 23.7 Å². The molecule has 0 spiro atoms. The molecule has 0 N–H and O–H groups in total. The average molecular weight is 493 g/mol. The Bertz CT molecular complexity index is 1270. The molecule has 4 rings (SSSR count). The van der Waals surface area contributed by atoms with E-state index in [4.69, 9.17) is 16.3 Å². The molecule has 1 heterocycles. The third kappa shape index (κ3) is 5.38. The number of hydrogen-bond donors (Lipinski definition) is 0. The number of hydrogen-bond acceptors (Lipinski definition) is 6. The van der Waals surface area contributed by atoms with E-state index in [0.717, 1.165) is 11.1 Å². The van der Waals surface area contributed by atoms with Crippen LogP contribution in [0.1, 0.15) is 23.7 Å². The highest BCUT2D eigenvalue weighted by molar-refractivity contribution is 6.30. The molecule has 0 aromatic heterocycles. The van der Waals surface area contributed by atoms with E-state index >= 15 is 0 Å². The van der Waals surface area contributed by atoms with Gasteiger partial charge in [-0.15, -0.1) is 0 Å². The molecule has 1 aliphatic rings. The quantitative estimate of drug-likeness (QED) is 0.197. The lowest BCUT2D eigenvalue weighted by atomic mass is 10.0. The summed E-state index contributed by atoms with van der Waals surface area (Å²) in [5.74, 6) is -1.85. The van der Waals surface area contributed by atoms with Crippen molar-refractivity contribution in [3.8, 4) is 11.1 Å². The molecule has 1 saturated heterocycles. The molecule has 178 valence electrons. The Morgan fingerprint density at radius 1 is 1.00 bits per heavy atom. The largest absolute Gasteiger partial charge is 0.454 e. The SMILES string of the molecule is C[C@@H](OC(=O)[C@H]1CC(=O)N(c2ccc(-c3ccc([N+](=O)[O-])cc3)cc2)C1)C(=O)c1ccc(Cl)cc1. The van der Waals surface area contributed by atoms with E-state index in [0.29, 0.717) is 16.3 Å². The summed E-state index contributed by atoms with van der Waals surface area (Å²) in [6.45, 7) is 1.65. The van der Waals surface area contributed by atoms with Gasteiger partial charge in [0.2, 0.25) is 11.7 Å².